The molecule has 1 aromatic heterocycles. The van der Waals surface area contributed by atoms with Crippen LogP contribution in [0.3, 0.4) is 0 Å². The maximum absolute atomic E-state index is 6.04. The summed E-state index contributed by atoms with van der Waals surface area (Å²) in [5.41, 5.74) is 6.46. The van der Waals surface area contributed by atoms with Crippen molar-refractivity contribution in [3.63, 3.8) is 0 Å². The molecule has 1 fully saturated rings. The lowest BCUT2D eigenvalue weighted by Crippen LogP contribution is -2.26. The third-order valence-corrected chi connectivity index (χ3v) is 4.62. The van der Waals surface area contributed by atoms with Gasteiger partial charge in [-0.05, 0) is 24.9 Å². The number of rotatable bonds is 4. The molecule has 5 nitrogen and oxygen atoms in total. The first-order valence-corrected chi connectivity index (χ1v) is 6.41. The highest BCUT2D eigenvalue weighted by molar-refractivity contribution is 5.25. The summed E-state index contributed by atoms with van der Waals surface area (Å²) in [4.78, 5) is 6.51. The fourth-order valence-corrected chi connectivity index (χ4v) is 2.80. The van der Waals surface area contributed by atoms with Crippen molar-refractivity contribution in [1.82, 2.24) is 15.0 Å². The van der Waals surface area contributed by atoms with Crippen LogP contribution < -0.4 is 5.73 Å². The molecule has 1 heterocycles. The van der Waals surface area contributed by atoms with Crippen molar-refractivity contribution in [2.45, 2.75) is 39.7 Å². The van der Waals surface area contributed by atoms with Gasteiger partial charge in [-0.3, -0.25) is 0 Å². The lowest BCUT2D eigenvalue weighted by atomic mass is 10.0. The first-order valence-electron chi connectivity index (χ1n) is 6.41. The number of likely N-dealkylation sites (N-methyl/N-ethyl adjacent to an activating group) is 1. The van der Waals surface area contributed by atoms with Gasteiger partial charge in [0, 0.05) is 12.5 Å². The molecule has 1 unspecified atom stereocenters. The Hall–Kier alpha value is -0.940. The van der Waals surface area contributed by atoms with E-state index in [9.17, 15) is 0 Å². The van der Waals surface area contributed by atoms with Gasteiger partial charge in [-0.1, -0.05) is 32.9 Å². The molecule has 0 bridgehead atoms. The summed E-state index contributed by atoms with van der Waals surface area (Å²) in [5, 5.41) is 4.02. The quantitative estimate of drug-likeness (QED) is 0.884. The van der Waals surface area contributed by atoms with Crippen LogP contribution in [0, 0.1) is 10.8 Å². The van der Waals surface area contributed by atoms with Gasteiger partial charge in [0.2, 0.25) is 5.89 Å². The van der Waals surface area contributed by atoms with E-state index in [2.05, 4.69) is 37.8 Å². The molecule has 0 aromatic carbocycles. The Labute approximate surface area is 109 Å². The van der Waals surface area contributed by atoms with Gasteiger partial charge in [-0.2, -0.15) is 4.98 Å². The van der Waals surface area contributed by atoms with E-state index >= 15 is 0 Å². The van der Waals surface area contributed by atoms with Crippen molar-refractivity contribution in [3.8, 4) is 0 Å². The Morgan fingerprint density at radius 3 is 2.28 bits per heavy atom. The SMILES string of the molecule is CN(C)CC(N)c1noc(C2C(C)(C)C2(C)C)n1. The van der Waals surface area contributed by atoms with Crippen LogP contribution in [0.5, 0.6) is 0 Å². The lowest BCUT2D eigenvalue weighted by Gasteiger charge is -2.12. The highest BCUT2D eigenvalue weighted by Gasteiger charge is 2.67. The van der Waals surface area contributed by atoms with Crippen molar-refractivity contribution in [3.05, 3.63) is 11.7 Å². The predicted molar refractivity (Wildman–Crippen MR) is 70.1 cm³/mol. The number of hydrogen-bond donors (Lipinski definition) is 1. The second-order valence-corrected chi connectivity index (χ2v) is 6.74. The normalized spacial score (nSPS) is 23.3. The Kier molecular flexibility index (Phi) is 3.02. The summed E-state index contributed by atoms with van der Waals surface area (Å²) in [7, 11) is 3.96. The number of hydrogen-bond acceptors (Lipinski definition) is 5. The Bertz CT molecular complexity index is 422. The van der Waals surface area contributed by atoms with Crippen LogP contribution in [0.2, 0.25) is 0 Å². The molecule has 1 atom stereocenters. The van der Waals surface area contributed by atoms with Gasteiger partial charge < -0.3 is 15.2 Å². The van der Waals surface area contributed by atoms with E-state index in [1.807, 2.05) is 19.0 Å². The molecule has 2 rings (SSSR count). The van der Waals surface area contributed by atoms with E-state index in [-0.39, 0.29) is 16.9 Å². The van der Waals surface area contributed by atoms with Crippen LogP contribution in [0.15, 0.2) is 4.52 Å². The third kappa shape index (κ3) is 1.95. The van der Waals surface area contributed by atoms with E-state index in [1.165, 1.54) is 0 Å². The molecule has 0 radical (unpaired) electrons. The highest BCUT2D eigenvalue weighted by atomic mass is 16.5. The van der Waals surface area contributed by atoms with E-state index in [1.54, 1.807) is 0 Å². The predicted octanol–water partition coefficient (Wildman–Crippen LogP) is 1.78. The van der Waals surface area contributed by atoms with Crippen LogP contribution in [0.4, 0.5) is 0 Å². The van der Waals surface area contributed by atoms with Gasteiger partial charge in [-0.25, -0.2) is 0 Å². The molecule has 0 saturated heterocycles. The summed E-state index contributed by atoms with van der Waals surface area (Å²) in [6.45, 7) is 9.67. The largest absolute Gasteiger partial charge is 0.339 e. The van der Waals surface area contributed by atoms with E-state index in [4.69, 9.17) is 10.3 Å². The van der Waals surface area contributed by atoms with E-state index in [0.29, 0.717) is 11.7 Å². The van der Waals surface area contributed by atoms with Crippen LogP contribution in [0.25, 0.3) is 0 Å². The molecular formula is C13H24N4O. The molecule has 0 spiro atoms. The topological polar surface area (TPSA) is 68.2 Å². The average molecular weight is 252 g/mol. The zero-order valence-corrected chi connectivity index (χ0v) is 12.2. The summed E-state index contributed by atoms with van der Waals surface area (Å²) < 4.78 is 5.40. The molecule has 5 heteroatoms. The number of aromatic nitrogens is 2. The van der Waals surface area contributed by atoms with Gasteiger partial charge in [0.25, 0.3) is 0 Å². The summed E-state index contributed by atoms with van der Waals surface area (Å²) in [6, 6.07) is -0.192. The van der Waals surface area contributed by atoms with Crippen LogP contribution >= 0.6 is 0 Å². The van der Waals surface area contributed by atoms with E-state index in [0.717, 1.165) is 12.4 Å². The molecule has 1 aliphatic rings. The Morgan fingerprint density at radius 1 is 1.28 bits per heavy atom. The van der Waals surface area contributed by atoms with Gasteiger partial charge in [0.1, 0.15) is 0 Å². The number of nitrogens with two attached hydrogens (primary N) is 1. The van der Waals surface area contributed by atoms with Crippen molar-refractivity contribution >= 4 is 0 Å². The van der Waals surface area contributed by atoms with Crippen LogP contribution in [-0.4, -0.2) is 35.7 Å². The molecule has 2 N–H and O–H groups in total. The summed E-state index contributed by atoms with van der Waals surface area (Å²) >= 11 is 0. The monoisotopic (exact) mass is 252 g/mol. The van der Waals surface area contributed by atoms with Gasteiger partial charge >= 0.3 is 0 Å². The zero-order chi connectivity index (χ0) is 13.7. The van der Waals surface area contributed by atoms with Gasteiger partial charge in [-0.15, -0.1) is 0 Å². The van der Waals surface area contributed by atoms with Gasteiger partial charge in [0.15, 0.2) is 5.82 Å². The minimum atomic E-state index is -0.192. The fraction of sp³-hybridized carbons (Fsp3) is 0.846. The molecule has 1 saturated carbocycles. The first-order chi connectivity index (χ1) is 8.18. The maximum Gasteiger partial charge on any atom is 0.230 e. The second kappa shape index (κ2) is 4.03. The van der Waals surface area contributed by atoms with Crippen LogP contribution in [-0.2, 0) is 0 Å². The summed E-state index contributed by atoms with van der Waals surface area (Å²) in [6.07, 6.45) is 0. The fourth-order valence-electron chi connectivity index (χ4n) is 2.80. The molecular weight excluding hydrogens is 228 g/mol. The van der Waals surface area contributed by atoms with Crippen molar-refractivity contribution in [2.75, 3.05) is 20.6 Å². The standard InChI is InChI=1S/C13H24N4O/c1-12(2)9(13(12,3)4)11-15-10(16-18-11)8(14)7-17(5)6/h8-9H,7,14H2,1-6H3. The lowest BCUT2D eigenvalue weighted by molar-refractivity contribution is 0.341. The maximum atomic E-state index is 6.04. The minimum Gasteiger partial charge on any atom is -0.339 e. The Morgan fingerprint density at radius 2 is 1.83 bits per heavy atom. The molecule has 1 aliphatic carbocycles. The molecule has 102 valence electrons. The van der Waals surface area contributed by atoms with Gasteiger partial charge in [0.05, 0.1) is 6.04 Å². The third-order valence-electron chi connectivity index (χ3n) is 4.62. The van der Waals surface area contributed by atoms with E-state index < -0.39 is 0 Å². The zero-order valence-electron chi connectivity index (χ0n) is 12.2. The van der Waals surface area contributed by atoms with Crippen molar-refractivity contribution < 1.29 is 4.52 Å². The smallest absolute Gasteiger partial charge is 0.230 e. The first kappa shape index (κ1) is 13.5. The molecule has 1 aromatic rings. The van der Waals surface area contributed by atoms with Crippen LogP contribution in [0.1, 0.15) is 51.4 Å². The molecule has 0 aliphatic heterocycles. The van der Waals surface area contributed by atoms with Crippen molar-refractivity contribution in [2.24, 2.45) is 16.6 Å². The second-order valence-electron chi connectivity index (χ2n) is 6.74. The average Bonchev–Trinajstić information content (AvgIpc) is 2.60. The summed E-state index contributed by atoms with van der Waals surface area (Å²) in [5.74, 6) is 1.67. The molecule has 18 heavy (non-hydrogen) atoms. The van der Waals surface area contributed by atoms with Crippen molar-refractivity contribution in [1.29, 1.82) is 0 Å². The Balaban J connectivity index is 2.13. The molecule has 0 amide bonds. The highest BCUT2D eigenvalue weighted by Crippen LogP contribution is 2.73. The number of nitrogens with zero attached hydrogens (tertiary/aromatic N) is 3. The minimum absolute atomic E-state index is 0.192.